The third-order valence-electron chi connectivity index (χ3n) is 1.67. The van der Waals surface area contributed by atoms with Gasteiger partial charge in [0.25, 0.3) is 0 Å². The van der Waals surface area contributed by atoms with Gasteiger partial charge < -0.3 is 9.88 Å². The van der Waals surface area contributed by atoms with Crippen molar-refractivity contribution in [3.8, 4) is 0 Å². The Hall–Kier alpha value is -1.18. The normalized spacial score (nSPS) is 16.6. The SMILES string of the molecule is C1=C(n2cccc2)NCC1. The summed E-state index contributed by atoms with van der Waals surface area (Å²) in [6, 6.07) is 4.06. The van der Waals surface area contributed by atoms with E-state index in [1.807, 2.05) is 24.5 Å². The van der Waals surface area contributed by atoms with Gasteiger partial charge in [-0.2, -0.15) is 0 Å². The molecule has 1 aliphatic rings. The second-order valence-corrected chi connectivity index (χ2v) is 2.40. The highest BCUT2D eigenvalue weighted by molar-refractivity contribution is 5.45. The van der Waals surface area contributed by atoms with E-state index >= 15 is 0 Å². The minimum Gasteiger partial charge on any atom is -0.371 e. The maximum absolute atomic E-state index is 3.28. The lowest BCUT2D eigenvalue weighted by atomic mass is 10.5. The van der Waals surface area contributed by atoms with Crippen molar-refractivity contribution in [2.75, 3.05) is 6.54 Å². The smallest absolute Gasteiger partial charge is 0.105 e. The van der Waals surface area contributed by atoms with Gasteiger partial charge in [0.15, 0.2) is 0 Å². The molecule has 0 aromatic carbocycles. The molecule has 1 aromatic rings. The van der Waals surface area contributed by atoms with Crippen LogP contribution in [0.3, 0.4) is 0 Å². The number of aromatic nitrogens is 1. The first-order valence-corrected chi connectivity index (χ1v) is 3.54. The molecule has 0 aliphatic carbocycles. The lowest BCUT2D eigenvalue weighted by molar-refractivity contribution is 0.880. The molecule has 0 bridgehead atoms. The molecular weight excluding hydrogens is 124 g/mol. The second-order valence-electron chi connectivity index (χ2n) is 2.40. The molecule has 0 atom stereocenters. The summed E-state index contributed by atoms with van der Waals surface area (Å²) in [5.41, 5.74) is 0. The van der Waals surface area contributed by atoms with Crippen molar-refractivity contribution >= 4 is 5.82 Å². The van der Waals surface area contributed by atoms with Crippen molar-refractivity contribution in [3.05, 3.63) is 30.6 Å². The quantitative estimate of drug-likeness (QED) is 0.612. The summed E-state index contributed by atoms with van der Waals surface area (Å²) in [5, 5.41) is 3.28. The molecular formula is C8H10N2. The first-order valence-electron chi connectivity index (χ1n) is 3.54. The lowest BCUT2D eigenvalue weighted by Gasteiger charge is -2.03. The number of nitrogens with one attached hydrogen (secondary N) is 1. The van der Waals surface area contributed by atoms with Crippen LogP contribution >= 0.6 is 0 Å². The summed E-state index contributed by atoms with van der Waals surface area (Å²) in [7, 11) is 0. The van der Waals surface area contributed by atoms with Crippen molar-refractivity contribution < 1.29 is 0 Å². The average Bonchev–Trinajstić information content (AvgIpc) is 2.59. The van der Waals surface area contributed by atoms with E-state index in [1.165, 1.54) is 5.82 Å². The van der Waals surface area contributed by atoms with Crippen molar-refractivity contribution in [1.82, 2.24) is 9.88 Å². The third kappa shape index (κ3) is 0.817. The van der Waals surface area contributed by atoms with Crippen LogP contribution in [0.5, 0.6) is 0 Å². The summed E-state index contributed by atoms with van der Waals surface area (Å²) in [5.74, 6) is 1.21. The number of rotatable bonds is 1. The van der Waals surface area contributed by atoms with Gasteiger partial charge in [-0.25, -0.2) is 0 Å². The largest absolute Gasteiger partial charge is 0.371 e. The number of hydrogen-bond acceptors (Lipinski definition) is 1. The molecule has 1 N–H and O–H groups in total. The predicted octanol–water partition coefficient (Wildman–Crippen LogP) is 1.28. The molecule has 0 radical (unpaired) electrons. The van der Waals surface area contributed by atoms with Crippen LogP contribution in [-0.4, -0.2) is 11.1 Å². The molecule has 0 saturated carbocycles. The minimum atomic E-state index is 1.08. The van der Waals surface area contributed by atoms with E-state index in [0.29, 0.717) is 0 Å². The second kappa shape index (κ2) is 2.21. The van der Waals surface area contributed by atoms with E-state index in [2.05, 4.69) is 16.0 Å². The first kappa shape index (κ1) is 5.59. The highest BCUT2D eigenvalue weighted by atomic mass is 15.1. The Labute approximate surface area is 60.2 Å². The zero-order valence-corrected chi connectivity index (χ0v) is 5.75. The Bertz CT molecular complexity index is 234. The van der Waals surface area contributed by atoms with Crippen LogP contribution in [0, 0.1) is 0 Å². The Morgan fingerprint density at radius 1 is 1.30 bits per heavy atom. The van der Waals surface area contributed by atoms with Gasteiger partial charge in [0, 0.05) is 18.9 Å². The molecule has 0 fully saturated rings. The van der Waals surface area contributed by atoms with E-state index in [0.717, 1.165) is 13.0 Å². The number of nitrogens with zero attached hydrogens (tertiary/aromatic N) is 1. The molecule has 1 aliphatic heterocycles. The maximum Gasteiger partial charge on any atom is 0.105 e. The standard InChI is InChI=1S/C8H10N2/c1-2-7-10(6-1)8-4-3-5-9-8/h1-2,4,6-7,9H,3,5H2. The van der Waals surface area contributed by atoms with Gasteiger partial charge in [-0.1, -0.05) is 0 Å². The Kier molecular flexibility index (Phi) is 1.24. The van der Waals surface area contributed by atoms with E-state index in [1.54, 1.807) is 0 Å². The highest BCUT2D eigenvalue weighted by Gasteiger charge is 2.01. The lowest BCUT2D eigenvalue weighted by Crippen LogP contribution is -2.10. The molecule has 2 heteroatoms. The van der Waals surface area contributed by atoms with Gasteiger partial charge in [0.1, 0.15) is 5.82 Å². The molecule has 2 heterocycles. The first-order chi connectivity index (χ1) is 4.97. The predicted molar refractivity (Wildman–Crippen MR) is 41.3 cm³/mol. The number of hydrogen-bond donors (Lipinski definition) is 1. The molecule has 2 rings (SSSR count). The van der Waals surface area contributed by atoms with Crippen molar-refractivity contribution in [3.63, 3.8) is 0 Å². The van der Waals surface area contributed by atoms with E-state index in [9.17, 15) is 0 Å². The fraction of sp³-hybridized carbons (Fsp3) is 0.250. The topological polar surface area (TPSA) is 17.0 Å². The van der Waals surface area contributed by atoms with Gasteiger partial charge in [-0.05, 0) is 24.6 Å². The van der Waals surface area contributed by atoms with Crippen molar-refractivity contribution in [2.45, 2.75) is 6.42 Å². The van der Waals surface area contributed by atoms with Gasteiger partial charge in [0.2, 0.25) is 0 Å². The van der Waals surface area contributed by atoms with Gasteiger partial charge in [-0.3, -0.25) is 0 Å². The van der Waals surface area contributed by atoms with E-state index in [4.69, 9.17) is 0 Å². The maximum atomic E-state index is 3.28. The Morgan fingerprint density at radius 3 is 2.70 bits per heavy atom. The molecule has 0 amide bonds. The fourth-order valence-corrected chi connectivity index (χ4v) is 1.17. The van der Waals surface area contributed by atoms with Gasteiger partial charge in [-0.15, -0.1) is 0 Å². The summed E-state index contributed by atoms with van der Waals surface area (Å²) < 4.78 is 2.09. The van der Waals surface area contributed by atoms with Crippen LogP contribution in [0.2, 0.25) is 0 Å². The van der Waals surface area contributed by atoms with Crippen LogP contribution in [-0.2, 0) is 0 Å². The molecule has 0 saturated heterocycles. The fourth-order valence-electron chi connectivity index (χ4n) is 1.17. The van der Waals surface area contributed by atoms with Crippen molar-refractivity contribution in [2.24, 2.45) is 0 Å². The monoisotopic (exact) mass is 134 g/mol. The molecule has 0 unspecified atom stereocenters. The Morgan fingerprint density at radius 2 is 2.10 bits per heavy atom. The summed E-state index contributed by atoms with van der Waals surface area (Å²) in [6.45, 7) is 1.08. The highest BCUT2D eigenvalue weighted by Crippen LogP contribution is 2.07. The van der Waals surface area contributed by atoms with Gasteiger partial charge >= 0.3 is 0 Å². The molecule has 0 spiro atoms. The zero-order chi connectivity index (χ0) is 6.81. The van der Waals surface area contributed by atoms with Gasteiger partial charge in [0.05, 0.1) is 0 Å². The van der Waals surface area contributed by atoms with Crippen LogP contribution in [0.4, 0.5) is 0 Å². The van der Waals surface area contributed by atoms with Crippen LogP contribution in [0.25, 0.3) is 5.82 Å². The van der Waals surface area contributed by atoms with Crippen LogP contribution < -0.4 is 5.32 Å². The molecule has 10 heavy (non-hydrogen) atoms. The molecule has 2 nitrogen and oxygen atoms in total. The van der Waals surface area contributed by atoms with Crippen LogP contribution in [0.1, 0.15) is 6.42 Å². The third-order valence-corrected chi connectivity index (χ3v) is 1.67. The van der Waals surface area contributed by atoms with E-state index in [-0.39, 0.29) is 0 Å². The summed E-state index contributed by atoms with van der Waals surface area (Å²) >= 11 is 0. The molecule has 52 valence electrons. The summed E-state index contributed by atoms with van der Waals surface area (Å²) in [6.07, 6.45) is 7.45. The zero-order valence-electron chi connectivity index (χ0n) is 5.75. The van der Waals surface area contributed by atoms with Crippen LogP contribution in [0.15, 0.2) is 30.6 Å². The molecule has 1 aromatic heterocycles. The van der Waals surface area contributed by atoms with E-state index < -0.39 is 0 Å². The minimum absolute atomic E-state index is 1.08. The summed E-state index contributed by atoms with van der Waals surface area (Å²) in [4.78, 5) is 0. The Balaban J connectivity index is 2.28. The average molecular weight is 134 g/mol. The van der Waals surface area contributed by atoms with Crippen molar-refractivity contribution in [1.29, 1.82) is 0 Å².